The van der Waals surface area contributed by atoms with Gasteiger partial charge in [-0.3, -0.25) is 4.79 Å². The van der Waals surface area contributed by atoms with Gasteiger partial charge in [-0.05, 0) is 29.8 Å². The number of nitrogens with zero attached hydrogens (tertiary/aromatic N) is 1. The van der Waals surface area contributed by atoms with E-state index in [2.05, 4.69) is 25.7 Å². The number of benzene rings is 1. The molecule has 1 aromatic heterocycles. The van der Waals surface area contributed by atoms with Crippen molar-refractivity contribution in [1.82, 2.24) is 20.9 Å². The lowest BCUT2D eigenvalue weighted by atomic mass is 10.0. The fourth-order valence-electron chi connectivity index (χ4n) is 2.86. The zero-order chi connectivity index (χ0) is 23.7. The van der Waals surface area contributed by atoms with Gasteiger partial charge in [-0.25, -0.2) is 14.2 Å². The Morgan fingerprint density at radius 3 is 2.28 bits per heavy atom. The molecule has 1 aromatic carbocycles. The van der Waals surface area contributed by atoms with Gasteiger partial charge in [0.1, 0.15) is 11.8 Å². The van der Waals surface area contributed by atoms with Crippen molar-refractivity contribution in [2.75, 3.05) is 6.54 Å². The van der Waals surface area contributed by atoms with Gasteiger partial charge in [0.2, 0.25) is 5.91 Å². The molecule has 3 rings (SSSR count). The third-order valence-corrected chi connectivity index (χ3v) is 4.25. The van der Waals surface area contributed by atoms with Crippen molar-refractivity contribution < 1.29 is 45.1 Å². The van der Waals surface area contributed by atoms with Crippen LogP contribution in [0.3, 0.4) is 0 Å². The molecule has 32 heavy (non-hydrogen) atoms. The van der Waals surface area contributed by atoms with Crippen LogP contribution in [-0.4, -0.2) is 35.9 Å². The molecule has 0 radical (unpaired) electrons. The normalized spacial score (nSPS) is 17.3. The van der Waals surface area contributed by atoms with E-state index in [9.17, 15) is 40.3 Å². The Bertz CT molecular complexity index is 1010. The van der Waals surface area contributed by atoms with Crippen LogP contribution in [0.5, 0.6) is 5.75 Å². The number of hydrogen-bond acceptors (Lipinski definition) is 4. The molecule has 1 aliphatic heterocycles. The molecule has 1 fully saturated rings. The van der Waals surface area contributed by atoms with Crippen LogP contribution in [0.15, 0.2) is 36.4 Å². The van der Waals surface area contributed by atoms with Crippen LogP contribution in [0, 0.1) is 5.82 Å². The maximum absolute atomic E-state index is 13.6. The Balaban J connectivity index is 1.96. The maximum Gasteiger partial charge on any atom is 0.573 e. The van der Waals surface area contributed by atoms with E-state index in [4.69, 9.17) is 0 Å². The Morgan fingerprint density at radius 2 is 1.75 bits per heavy atom. The van der Waals surface area contributed by atoms with Gasteiger partial charge in [-0.15, -0.1) is 13.2 Å². The Labute approximate surface area is 175 Å². The molecule has 0 bridgehead atoms. The molecule has 0 saturated carbocycles. The summed E-state index contributed by atoms with van der Waals surface area (Å²) in [6.45, 7) is -0.111. The monoisotopic (exact) mass is 466 g/mol. The van der Waals surface area contributed by atoms with Gasteiger partial charge >= 0.3 is 18.6 Å². The number of amides is 3. The highest BCUT2D eigenvalue weighted by Gasteiger charge is 2.38. The first-order chi connectivity index (χ1) is 14.8. The minimum atomic E-state index is -5.14. The summed E-state index contributed by atoms with van der Waals surface area (Å²) in [6, 6.07) is 2.16. The quantitative estimate of drug-likeness (QED) is 0.591. The van der Waals surface area contributed by atoms with Gasteiger partial charge in [0.25, 0.3) is 0 Å². The van der Waals surface area contributed by atoms with Crippen molar-refractivity contribution in [3.05, 3.63) is 59.2 Å². The lowest BCUT2D eigenvalue weighted by Crippen LogP contribution is -2.44. The maximum atomic E-state index is 13.6. The number of carbonyl (C=O) groups is 2. The summed E-state index contributed by atoms with van der Waals surface area (Å²) >= 11 is 0. The molecule has 1 saturated heterocycles. The van der Waals surface area contributed by atoms with Crippen LogP contribution in [0.1, 0.15) is 23.0 Å². The van der Waals surface area contributed by atoms with E-state index in [1.807, 2.05) is 0 Å². The largest absolute Gasteiger partial charge is 0.573 e. The van der Waals surface area contributed by atoms with E-state index >= 15 is 0 Å². The minimum Gasteiger partial charge on any atom is -0.406 e. The molecule has 3 amide bonds. The third-order valence-electron chi connectivity index (χ3n) is 4.25. The molecule has 0 aliphatic carbocycles. The summed E-state index contributed by atoms with van der Waals surface area (Å²) in [6.07, 6.45) is -10.1. The van der Waals surface area contributed by atoms with E-state index in [1.54, 1.807) is 0 Å². The summed E-state index contributed by atoms with van der Waals surface area (Å²) < 4.78 is 93.7. The van der Waals surface area contributed by atoms with Gasteiger partial charge in [-0.2, -0.15) is 13.2 Å². The molecular weight excluding hydrogens is 453 g/mol. The molecule has 3 N–H and O–H groups in total. The highest BCUT2D eigenvalue weighted by atomic mass is 19.4. The van der Waals surface area contributed by atoms with Gasteiger partial charge in [0.05, 0.1) is 11.7 Å². The number of alkyl halides is 6. The van der Waals surface area contributed by atoms with Crippen molar-refractivity contribution in [3.8, 4) is 5.75 Å². The van der Waals surface area contributed by atoms with Crippen molar-refractivity contribution in [3.63, 3.8) is 0 Å². The highest BCUT2D eigenvalue weighted by Crippen LogP contribution is 2.32. The van der Waals surface area contributed by atoms with E-state index in [1.165, 1.54) is 0 Å². The molecule has 14 heteroatoms. The number of carbonyl (C=O) groups excluding carboxylic acids is 2. The second-order valence-electron chi connectivity index (χ2n) is 6.53. The SMILES string of the molecule is O=C1NC[C@@H](C(=O)N[C@@H](c2ccc(OC(F)(F)F)cc2)c2ccc(F)c(C(F)(F)F)n2)N1. The number of nitrogens with one attached hydrogen (secondary N) is 3. The summed E-state index contributed by atoms with van der Waals surface area (Å²) in [5, 5.41) is 6.96. The second kappa shape index (κ2) is 8.51. The third kappa shape index (κ3) is 5.56. The average Bonchev–Trinajstić information content (AvgIpc) is 3.12. The molecule has 2 atom stereocenters. The minimum absolute atomic E-state index is 0.0254. The van der Waals surface area contributed by atoms with Crippen LogP contribution in [-0.2, 0) is 11.0 Å². The Hall–Kier alpha value is -3.58. The first-order valence-electron chi connectivity index (χ1n) is 8.77. The zero-order valence-electron chi connectivity index (χ0n) is 15.6. The van der Waals surface area contributed by atoms with Crippen LogP contribution in [0.2, 0.25) is 0 Å². The predicted molar refractivity (Wildman–Crippen MR) is 92.6 cm³/mol. The van der Waals surface area contributed by atoms with E-state index in [0.29, 0.717) is 6.07 Å². The Kier molecular flexibility index (Phi) is 6.14. The van der Waals surface area contributed by atoms with E-state index < -0.39 is 59.5 Å². The van der Waals surface area contributed by atoms with Gasteiger partial charge < -0.3 is 20.7 Å². The molecule has 0 spiro atoms. The second-order valence-corrected chi connectivity index (χ2v) is 6.53. The number of urea groups is 1. The number of rotatable bonds is 5. The number of hydrogen-bond donors (Lipinski definition) is 3. The lowest BCUT2D eigenvalue weighted by Gasteiger charge is -2.22. The van der Waals surface area contributed by atoms with Crippen molar-refractivity contribution in [2.45, 2.75) is 24.6 Å². The number of halogens is 7. The van der Waals surface area contributed by atoms with Crippen molar-refractivity contribution in [1.29, 1.82) is 0 Å². The van der Waals surface area contributed by atoms with Crippen molar-refractivity contribution >= 4 is 11.9 Å². The fourth-order valence-corrected chi connectivity index (χ4v) is 2.86. The summed E-state index contributed by atoms with van der Waals surface area (Å²) in [7, 11) is 0. The average molecular weight is 466 g/mol. The van der Waals surface area contributed by atoms with Crippen LogP contribution < -0.4 is 20.7 Å². The molecule has 2 aromatic rings. The standard InChI is InChI=1S/C18H13F7N4O3/c19-10-5-6-11(27-14(10)17(20,21)22)13(29-15(30)12-7-26-16(31)28-12)8-1-3-9(4-2-8)32-18(23,24)25/h1-6,12-13H,7H2,(H,29,30)(H2,26,28,31)/t12-,13-/m0/s1. The molecule has 172 valence electrons. The zero-order valence-corrected chi connectivity index (χ0v) is 15.6. The smallest absolute Gasteiger partial charge is 0.406 e. The van der Waals surface area contributed by atoms with Gasteiger partial charge in [0.15, 0.2) is 11.5 Å². The summed E-state index contributed by atoms with van der Waals surface area (Å²) in [5.74, 6) is -3.07. The molecule has 7 nitrogen and oxygen atoms in total. The molecular formula is C18H13F7N4O3. The van der Waals surface area contributed by atoms with Crippen LogP contribution >= 0.6 is 0 Å². The van der Waals surface area contributed by atoms with Crippen LogP contribution in [0.4, 0.5) is 35.5 Å². The van der Waals surface area contributed by atoms with Crippen molar-refractivity contribution in [2.24, 2.45) is 0 Å². The topological polar surface area (TPSA) is 92.4 Å². The van der Waals surface area contributed by atoms with Crippen LogP contribution in [0.25, 0.3) is 0 Å². The van der Waals surface area contributed by atoms with E-state index in [0.717, 1.165) is 30.3 Å². The summed E-state index contributed by atoms with van der Waals surface area (Å²) in [4.78, 5) is 27.0. The molecule has 2 heterocycles. The van der Waals surface area contributed by atoms with Gasteiger partial charge in [-0.1, -0.05) is 12.1 Å². The first-order valence-corrected chi connectivity index (χ1v) is 8.77. The summed E-state index contributed by atoms with van der Waals surface area (Å²) in [5.41, 5.74) is -2.24. The number of ether oxygens (including phenoxy) is 1. The first kappa shape index (κ1) is 23.1. The molecule has 0 unspecified atom stereocenters. The van der Waals surface area contributed by atoms with Gasteiger partial charge in [0, 0.05) is 6.54 Å². The highest BCUT2D eigenvalue weighted by molar-refractivity contribution is 5.90. The van der Waals surface area contributed by atoms with E-state index in [-0.39, 0.29) is 12.1 Å². The number of pyridine rings is 1. The molecule has 1 aliphatic rings. The number of aromatic nitrogens is 1. The Morgan fingerprint density at radius 1 is 1.09 bits per heavy atom. The lowest BCUT2D eigenvalue weighted by molar-refractivity contribution is -0.274. The predicted octanol–water partition coefficient (Wildman–Crippen LogP) is 3.03. The fraction of sp³-hybridized carbons (Fsp3) is 0.278.